The maximum absolute atomic E-state index is 9.80. The fraction of sp³-hybridized carbons (Fsp3) is 0.0690. The molecule has 0 amide bonds. The number of furan rings is 1. The molecule has 4 aromatic carbocycles. The highest BCUT2D eigenvalue weighted by molar-refractivity contribution is 6.62. The van der Waals surface area contributed by atoms with Crippen LogP contribution in [0.5, 0.6) is 0 Å². The lowest BCUT2D eigenvalue weighted by Gasteiger charge is -2.23. The van der Waals surface area contributed by atoms with E-state index in [1.165, 1.54) is 0 Å². The molecule has 0 unspecified atom stereocenters. The van der Waals surface area contributed by atoms with E-state index in [-0.39, 0.29) is 0 Å². The number of hydrogen-bond donors (Lipinski definition) is 4. The zero-order valence-electron chi connectivity index (χ0n) is 20.7. The average Bonchev–Trinajstić information content (AvgIpc) is 3.45. The summed E-state index contributed by atoms with van der Waals surface area (Å²) < 4.78 is 16.0. The molecule has 0 atom stereocenters. The molecule has 0 aliphatic carbocycles. The van der Waals surface area contributed by atoms with Gasteiger partial charge in [0.05, 0.1) is 0 Å². The average molecular weight is 533 g/mol. The lowest BCUT2D eigenvalue weighted by Crippen LogP contribution is -2.51. The van der Waals surface area contributed by atoms with E-state index >= 15 is 0 Å². The Bertz CT molecular complexity index is 1800. The third kappa shape index (κ3) is 4.05. The zero-order valence-corrected chi connectivity index (χ0v) is 20.7. The monoisotopic (exact) mass is 533 g/mol. The highest BCUT2D eigenvalue weighted by Crippen LogP contribution is 2.37. The number of aliphatic hydroxyl groups is 4. The van der Waals surface area contributed by atoms with Gasteiger partial charge in [-0.25, -0.2) is 15.0 Å². The zero-order chi connectivity index (χ0) is 27.5. The Balaban J connectivity index is 1.43. The standard InChI is InChI=1S/C29H20BN3O7/c34-28(35)29(36,37)40-30(39-28)19-14-15-22-21(16-19)24-20(12-7-13-23(24)38-22)27-32-25(17-8-3-1-4-9-17)31-26(33-27)18-10-5-2-6-11-18/h1-16,34-37H. The maximum Gasteiger partial charge on any atom is 0.501 e. The molecule has 196 valence electrons. The predicted molar refractivity (Wildman–Crippen MR) is 145 cm³/mol. The van der Waals surface area contributed by atoms with Crippen LogP contribution in [0.4, 0.5) is 0 Å². The molecular formula is C29H20BN3O7. The minimum Gasteiger partial charge on any atom is -0.456 e. The molecule has 11 heteroatoms. The van der Waals surface area contributed by atoms with E-state index in [0.717, 1.165) is 11.1 Å². The quantitative estimate of drug-likeness (QED) is 0.197. The first kappa shape index (κ1) is 24.5. The fourth-order valence-corrected chi connectivity index (χ4v) is 4.72. The van der Waals surface area contributed by atoms with Crippen LogP contribution in [0.3, 0.4) is 0 Å². The van der Waals surface area contributed by atoms with Crippen LogP contribution in [0, 0.1) is 0 Å². The van der Waals surface area contributed by atoms with Crippen molar-refractivity contribution < 1.29 is 34.2 Å². The molecule has 0 bridgehead atoms. The van der Waals surface area contributed by atoms with Crippen LogP contribution in [0.2, 0.25) is 0 Å². The third-order valence-electron chi connectivity index (χ3n) is 6.70. The summed E-state index contributed by atoms with van der Waals surface area (Å²) in [4.78, 5) is 14.4. The molecule has 40 heavy (non-hydrogen) atoms. The number of nitrogens with zero attached hydrogens (tertiary/aromatic N) is 3. The first-order valence-electron chi connectivity index (χ1n) is 12.4. The van der Waals surface area contributed by atoms with Gasteiger partial charge in [-0.15, -0.1) is 0 Å². The minimum absolute atomic E-state index is 0.299. The van der Waals surface area contributed by atoms with Crippen molar-refractivity contribution in [1.29, 1.82) is 0 Å². The molecule has 3 heterocycles. The summed E-state index contributed by atoms with van der Waals surface area (Å²) in [6.45, 7) is 0. The summed E-state index contributed by atoms with van der Waals surface area (Å²) in [6.07, 6.45) is 0. The fourth-order valence-electron chi connectivity index (χ4n) is 4.72. The molecule has 1 aliphatic heterocycles. The van der Waals surface area contributed by atoms with Gasteiger partial charge in [0.2, 0.25) is 0 Å². The second kappa shape index (κ2) is 9.03. The Morgan fingerprint density at radius 2 is 1.15 bits per heavy atom. The molecule has 7 rings (SSSR count). The Morgan fingerprint density at radius 3 is 1.75 bits per heavy atom. The number of aromatic nitrogens is 3. The van der Waals surface area contributed by atoms with Gasteiger partial charge in [0.25, 0.3) is 0 Å². The van der Waals surface area contributed by atoms with Gasteiger partial charge < -0.3 is 34.2 Å². The van der Waals surface area contributed by atoms with E-state index < -0.39 is 19.1 Å². The number of hydrogen-bond acceptors (Lipinski definition) is 10. The molecule has 4 N–H and O–H groups in total. The van der Waals surface area contributed by atoms with Crippen LogP contribution in [0.15, 0.2) is 101 Å². The molecular weight excluding hydrogens is 513 g/mol. The number of rotatable bonds is 4. The van der Waals surface area contributed by atoms with E-state index in [2.05, 4.69) is 0 Å². The van der Waals surface area contributed by atoms with E-state index in [9.17, 15) is 20.4 Å². The molecule has 1 aliphatic rings. The van der Waals surface area contributed by atoms with Crippen LogP contribution in [0.25, 0.3) is 56.1 Å². The van der Waals surface area contributed by atoms with E-state index in [1.807, 2.05) is 78.9 Å². The van der Waals surface area contributed by atoms with E-state index in [1.54, 1.807) is 18.2 Å². The predicted octanol–water partition coefficient (Wildman–Crippen LogP) is 2.79. The lowest BCUT2D eigenvalue weighted by molar-refractivity contribution is -0.464. The van der Waals surface area contributed by atoms with Crippen molar-refractivity contribution in [1.82, 2.24) is 15.0 Å². The van der Waals surface area contributed by atoms with Crippen molar-refractivity contribution in [3.63, 3.8) is 0 Å². The lowest BCUT2D eigenvalue weighted by atomic mass is 9.78. The Hall–Kier alpha value is -4.49. The van der Waals surface area contributed by atoms with Crippen molar-refractivity contribution in [2.75, 3.05) is 0 Å². The summed E-state index contributed by atoms with van der Waals surface area (Å²) in [5.74, 6) is -5.19. The normalized spacial score (nSPS) is 16.1. The Morgan fingerprint density at radius 1 is 0.575 bits per heavy atom. The molecule has 0 saturated carbocycles. The van der Waals surface area contributed by atoms with Crippen molar-refractivity contribution in [2.24, 2.45) is 0 Å². The van der Waals surface area contributed by atoms with Crippen molar-refractivity contribution in [2.45, 2.75) is 11.9 Å². The summed E-state index contributed by atoms with van der Waals surface area (Å²) in [5, 5.41) is 40.5. The number of fused-ring (bicyclic) bond motifs is 3. The SMILES string of the molecule is OC1(O)OB(c2ccc3oc4cccc(-c5nc(-c6ccccc6)nc(-c6ccccc6)n5)c4c3c2)OC1(O)O. The van der Waals surface area contributed by atoms with Crippen LogP contribution < -0.4 is 5.46 Å². The van der Waals surface area contributed by atoms with Gasteiger partial charge in [-0.1, -0.05) is 84.9 Å². The van der Waals surface area contributed by atoms with Gasteiger partial charge in [-0.05, 0) is 17.6 Å². The second-order valence-corrected chi connectivity index (χ2v) is 9.36. The Kier molecular flexibility index (Phi) is 5.54. The van der Waals surface area contributed by atoms with Crippen molar-refractivity contribution >= 4 is 34.5 Å². The van der Waals surface area contributed by atoms with Crippen LogP contribution >= 0.6 is 0 Å². The highest BCUT2D eigenvalue weighted by atomic mass is 16.9. The van der Waals surface area contributed by atoms with Crippen molar-refractivity contribution in [3.05, 3.63) is 97.1 Å². The molecule has 0 spiro atoms. The molecule has 0 radical (unpaired) electrons. The van der Waals surface area contributed by atoms with Crippen LogP contribution in [-0.2, 0) is 9.31 Å². The van der Waals surface area contributed by atoms with Gasteiger partial charge >= 0.3 is 19.1 Å². The third-order valence-corrected chi connectivity index (χ3v) is 6.70. The van der Waals surface area contributed by atoms with Gasteiger partial charge in [-0.3, -0.25) is 0 Å². The number of benzene rings is 4. The summed E-state index contributed by atoms with van der Waals surface area (Å²) in [5.41, 5.74) is 3.74. The first-order chi connectivity index (χ1) is 19.3. The molecule has 6 aromatic rings. The van der Waals surface area contributed by atoms with E-state index in [4.69, 9.17) is 28.7 Å². The van der Waals surface area contributed by atoms with Gasteiger partial charge in [0.15, 0.2) is 17.5 Å². The van der Waals surface area contributed by atoms with Gasteiger partial charge in [0, 0.05) is 27.5 Å². The molecule has 10 nitrogen and oxygen atoms in total. The van der Waals surface area contributed by atoms with Gasteiger partial charge in [0.1, 0.15) is 11.2 Å². The molecule has 1 fully saturated rings. The topological polar surface area (TPSA) is 151 Å². The van der Waals surface area contributed by atoms with Gasteiger partial charge in [-0.2, -0.15) is 0 Å². The Labute approximate surface area is 226 Å². The molecule has 2 aromatic heterocycles. The molecule has 1 saturated heterocycles. The highest BCUT2D eigenvalue weighted by Gasteiger charge is 2.62. The minimum atomic E-state index is -3.32. The summed E-state index contributed by atoms with van der Waals surface area (Å²) in [7, 11) is -1.47. The largest absolute Gasteiger partial charge is 0.501 e. The summed E-state index contributed by atoms with van der Waals surface area (Å²) in [6, 6.07) is 29.7. The second-order valence-electron chi connectivity index (χ2n) is 9.36. The first-order valence-corrected chi connectivity index (χ1v) is 12.4. The van der Waals surface area contributed by atoms with Crippen molar-refractivity contribution in [3.8, 4) is 34.2 Å². The van der Waals surface area contributed by atoms with Crippen LogP contribution in [0.1, 0.15) is 0 Å². The summed E-state index contributed by atoms with van der Waals surface area (Å²) >= 11 is 0. The van der Waals surface area contributed by atoms with E-state index in [0.29, 0.717) is 50.4 Å². The smallest absolute Gasteiger partial charge is 0.456 e. The van der Waals surface area contributed by atoms with Crippen LogP contribution in [-0.4, -0.2) is 54.4 Å². The maximum atomic E-state index is 9.80.